The van der Waals surface area contributed by atoms with Crippen LogP contribution in [0.25, 0.3) is 0 Å². The van der Waals surface area contributed by atoms with Crippen LogP contribution in [-0.4, -0.2) is 34.3 Å². The molecule has 114 valence electrons. The second kappa shape index (κ2) is 5.74. The number of hydrogen-bond acceptors (Lipinski definition) is 2. The highest BCUT2D eigenvalue weighted by Gasteiger charge is 2.56. The molecule has 1 heterocycles. The highest BCUT2D eigenvalue weighted by atomic mass is 16.2. The van der Waals surface area contributed by atoms with E-state index in [4.69, 9.17) is 0 Å². The Kier molecular flexibility index (Phi) is 4.40. The molecule has 1 saturated carbocycles. The third kappa shape index (κ3) is 2.13. The van der Waals surface area contributed by atoms with Gasteiger partial charge in [-0.05, 0) is 32.1 Å². The molecule has 1 N–H and O–H groups in total. The average Bonchev–Trinajstić information content (AvgIpc) is 2.49. The Bertz CT molecular complexity index is 382. The van der Waals surface area contributed by atoms with Crippen molar-refractivity contribution in [1.29, 1.82) is 0 Å². The van der Waals surface area contributed by atoms with Crippen molar-refractivity contribution in [2.24, 2.45) is 0 Å². The predicted octanol–water partition coefficient (Wildman–Crippen LogP) is 2.62. The summed E-state index contributed by atoms with van der Waals surface area (Å²) in [6.45, 7) is 6.76. The van der Waals surface area contributed by atoms with Crippen LogP contribution in [0.2, 0.25) is 0 Å². The van der Waals surface area contributed by atoms with Gasteiger partial charge in [0, 0.05) is 6.54 Å². The summed E-state index contributed by atoms with van der Waals surface area (Å²) >= 11 is 0. The molecule has 2 fully saturated rings. The SMILES string of the molecule is CCCN1C(=O)C(CC)(CC)NC(=O)C12CCCCC2. The molecule has 0 unspecified atom stereocenters. The molecular weight excluding hydrogens is 252 g/mol. The molecule has 4 nitrogen and oxygen atoms in total. The first-order valence-corrected chi connectivity index (χ1v) is 8.21. The summed E-state index contributed by atoms with van der Waals surface area (Å²) in [4.78, 5) is 27.8. The number of amides is 2. The third-order valence-corrected chi connectivity index (χ3v) is 5.28. The smallest absolute Gasteiger partial charge is 0.249 e. The summed E-state index contributed by atoms with van der Waals surface area (Å²) in [5.74, 6) is 0.236. The molecule has 2 amide bonds. The van der Waals surface area contributed by atoms with Gasteiger partial charge in [-0.1, -0.05) is 40.0 Å². The van der Waals surface area contributed by atoms with Crippen LogP contribution < -0.4 is 5.32 Å². The molecule has 0 aromatic heterocycles. The Balaban J connectivity index is 2.39. The van der Waals surface area contributed by atoms with Crippen molar-refractivity contribution < 1.29 is 9.59 Å². The van der Waals surface area contributed by atoms with Crippen molar-refractivity contribution in [2.45, 2.75) is 83.2 Å². The van der Waals surface area contributed by atoms with Gasteiger partial charge in [0.15, 0.2) is 0 Å². The van der Waals surface area contributed by atoms with Crippen LogP contribution in [0.1, 0.15) is 72.1 Å². The van der Waals surface area contributed by atoms with Gasteiger partial charge in [-0.25, -0.2) is 0 Å². The molecule has 0 radical (unpaired) electrons. The zero-order chi connectivity index (χ0) is 14.8. The standard InChI is InChI=1S/C16H28N2O2/c1-4-12-18-14(20)15(5-2,6-3)17-13(19)16(18)10-8-7-9-11-16/h4-12H2,1-3H3,(H,17,19). The molecule has 1 spiro atoms. The lowest BCUT2D eigenvalue weighted by Crippen LogP contribution is -2.75. The fourth-order valence-corrected chi connectivity index (χ4v) is 3.86. The molecule has 0 aromatic carbocycles. The molecular formula is C16H28N2O2. The minimum atomic E-state index is -0.672. The third-order valence-electron chi connectivity index (χ3n) is 5.28. The van der Waals surface area contributed by atoms with E-state index in [0.29, 0.717) is 19.4 Å². The normalized spacial score (nSPS) is 24.9. The van der Waals surface area contributed by atoms with Crippen LogP contribution in [0.3, 0.4) is 0 Å². The number of piperazine rings is 1. The Hall–Kier alpha value is -1.06. The summed E-state index contributed by atoms with van der Waals surface area (Å²) in [7, 11) is 0. The molecule has 0 atom stereocenters. The maximum atomic E-state index is 13.0. The first-order chi connectivity index (χ1) is 9.56. The molecule has 0 bridgehead atoms. The van der Waals surface area contributed by atoms with E-state index in [9.17, 15) is 9.59 Å². The summed E-state index contributed by atoms with van der Waals surface area (Å²) < 4.78 is 0. The molecule has 1 aliphatic heterocycles. The summed E-state index contributed by atoms with van der Waals surface area (Å²) in [5.41, 5.74) is -1.23. The van der Waals surface area contributed by atoms with Gasteiger partial charge in [0.2, 0.25) is 11.8 Å². The lowest BCUT2D eigenvalue weighted by atomic mass is 9.74. The van der Waals surface area contributed by atoms with Crippen molar-refractivity contribution in [3.63, 3.8) is 0 Å². The zero-order valence-electron chi connectivity index (χ0n) is 13.1. The van der Waals surface area contributed by atoms with Crippen LogP contribution in [0.4, 0.5) is 0 Å². The van der Waals surface area contributed by atoms with Gasteiger partial charge in [-0.15, -0.1) is 0 Å². The molecule has 4 heteroatoms. The Morgan fingerprint density at radius 3 is 2.15 bits per heavy atom. The van der Waals surface area contributed by atoms with E-state index in [-0.39, 0.29) is 11.8 Å². The maximum Gasteiger partial charge on any atom is 0.249 e. The summed E-state index contributed by atoms with van der Waals surface area (Å²) in [5, 5.41) is 3.10. The lowest BCUT2D eigenvalue weighted by molar-refractivity contribution is -0.166. The number of nitrogens with zero attached hydrogens (tertiary/aromatic N) is 1. The van der Waals surface area contributed by atoms with E-state index in [0.717, 1.165) is 32.1 Å². The Morgan fingerprint density at radius 1 is 1.05 bits per heavy atom. The highest BCUT2D eigenvalue weighted by molar-refractivity contribution is 6.02. The van der Waals surface area contributed by atoms with E-state index in [1.807, 2.05) is 18.7 Å². The van der Waals surface area contributed by atoms with Crippen molar-refractivity contribution in [1.82, 2.24) is 10.2 Å². The van der Waals surface area contributed by atoms with Gasteiger partial charge >= 0.3 is 0 Å². The van der Waals surface area contributed by atoms with Gasteiger partial charge in [-0.3, -0.25) is 9.59 Å². The van der Waals surface area contributed by atoms with Crippen LogP contribution in [0.5, 0.6) is 0 Å². The van der Waals surface area contributed by atoms with Crippen molar-refractivity contribution in [2.75, 3.05) is 6.54 Å². The molecule has 1 saturated heterocycles. The van der Waals surface area contributed by atoms with Crippen molar-refractivity contribution in [3.8, 4) is 0 Å². The molecule has 20 heavy (non-hydrogen) atoms. The van der Waals surface area contributed by atoms with Crippen LogP contribution in [0, 0.1) is 0 Å². The maximum absolute atomic E-state index is 13.0. The van der Waals surface area contributed by atoms with Crippen LogP contribution >= 0.6 is 0 Å². The topological polar surface area (TPSA) is 49.4 Å². The van der Waals surface area contributed by atoms with Crippen LogP contribution in [-0.2, 0) is 9.59 Å². The van der Waals surface area contributed by atoms with Gasteiger partial charge in [0.05, 0.1) is 0 Å². The number of carbonyl (C=O) groups excluding carboxylic acids is 2. The molecule has 2 rings (SSSR count). The minimum Gasteiger partial charge on any atom is -0.340 e. The Labute approximate surface area is 122 Å². The number of rotatable bonds is 4. The van der Waals surface area contributed by atoms with E-state index < -0.39 is 11.1 Å². The number of hydrogen-bond donors (Lipinski definition) is 1. The fraction of sp³-hybridized carbons (Fsp3) is 0.875. The van der Waals surface area contributed by atoms with Crippen molar-refractivity contribution >= 4 is 11.8 Å². The summed E-state index contributed by atoms with van der Waals surface area (Å²) in [6, 6.07) is 0. The van der Waals surface area contributed by atoms with E-state index in [1.54, 1.807) is 0 Å². The second-order valence-electron chi connectivity index (χ2n) is 6.29. The fourth-order valence-electron chi connectivity index (χ4n) is 3.86. The van der Waals surface area contributed by atoms with Gasteiger partial charge in [-0.2, -0.15) is 0 Å². The van der Waals surface area contributed by atoms with Crippen LogP contribution in [0.15, 0.2) is 0 Å². The molecule has 2 aliphatic rings. The van der Waals surface area contributed by atoms with Gasteiger partial charge in [0.25, 0.3) is 0 Å². The Morgan fingerprint density at radius 2 is 1.65 bits per heavy atom. The zero-order valence-corrected chi connectivity index (χ0v) is 13.1. The average molecular weight is 280 g/mol. The van der Waals surface area contributed by atoms with Crippen molar-refractivity contribution in [3.05, 3.63) is 0 Å². The van der Waals surface area contributed by atoms with E-state index in [1.165, 1.54) is 6.42 Å². The quantitative estimate of drug-likeness (QED) is 0.860. The van der Waals surface area contributed by atoms with E-state index in [2.05, 4.69) is 12.2 Å². The van der Waals surface area contributed by atoms with Gasteiger partial charge < -0.3 is 10.2 Å². The largest absolute Gasteiger partial charge is 0.340 e. The highest BCUT2D eigenvalue weighted by Crippen LogP contribution is 2.40. The monoisotopic (exact) mass is 280 g/mol. The molecule has 1 aliphatic carbocycles. The number of nitrogens with one attached hydrogen (secondary N) is 1. The lowest BCUT2D eigenvalue weighted by Gasteiger charge is -2.53. The van der Waals surface area contributed by atoms with Gasteiger partial charge in [0.1, 0.15) is 11.1 Å². The second-order valence-corrected chi connectivity index (χ2v) is 6.29. The predicted molar refractivity (Wildman–Crippen MR) is 79.3 cm³/mol. The summed E-state index contributed by atoms with van der Waals surface area (Å²) in [6.07, 6.45) is 7.18. The first-order valence-electron chi connectivity index (χ1n) is 8.21. The number of carbonyl (C=O) groups is 2. The molecule has 0 aromatic rings. The van der Waals surface area contributed by atoms with E-state index >= 15 is 0 Å². The minimum absolute atomic E-state index is 0.0916. The first kappa shape index (κ1) is 15.3.